The summed E-state index contributed by atoms with van der Waals surface area (Å²) >= 11 is 0. The number of ether oxygens (including phenoxy) is 5. The van der Waals surface area contributed by atoms with Crippen LogP contribution >= 0.6 is 0 Å². The number of carbonyl (C=O) groups excluding carboxylic acids is 1. The molecule has 0 radical (unpaired) electrons. The van der Waals surface area contributed by atoms with Gasteiger partial charge in [0.05, 0.1) is 19.8 Å². The fourth-order valence-corrected chi connectivity index (χ4v) is 3.94. The molecule has 34 heavy (non-hydrogen) atoms. The van der Waals surface area contributed by atoms with Gasteiger partial charge in [-0.2, -0.15) is 8.78 Å². The topological polar surface area (TPSA) is 75.3 Å². The molecule has 0 aliphatic carbocycles. The fraction of sp³-hybridized carbons (Fsp3) is 0.240. The van der Waals surface area contributed by atoms with Gasteiger partial charge in [-0.3, -0.25) is 4.79 Å². The van der Waals surface area contributed by atoms with E-state index >= 15 is 0 Å². The van der Waals surface area contributed by atoms with Crippen molar-refractivity contribution in [3.63, 3.8) is 0 Å². The van der Waals surface area contributed by atoms with E-state index in [1.807, 2.05) is 6.07 Å². The Hall–Kier alpha value is -3.85. The second kappa shape index (κ2) is 9.96. The number of hydrogen-bond donors (Lipinski definition) is 1. The summed E-state index contributed by atoms with van der Waals surface area (Å²) in [5, 5.41) is 2.76. The molecule has 1 N–H and O–H groups in total. The van der Waals surface area contributed by atoms with Crippen LogP contribution in [-0.4, -0.2) is 40.5 Å². The van der Waals surface area contributed by atoms with E-state index in [0.717, 1.165) is 5.56 Å². The minimum atomic E-state index is -2.99. The van der Waals surface area contributed by atoms with Crippen LogP contribution in [0.1, 0.15) is 17.2 Å². The highest BCUT2D eigenvalue weighted by Gasteiger charge is 2.31. The molecular formula is C25H23F2NO6. The minimum absolute atomic E-state index is 0.00400. The van der Waals surface area contributed by atoms with Gasteiger partial charge in [-0.25, -0.2) is 0 Å². The number of anilines is 1. The summed E-state index contributed by atoms with van der Waals surface area (Å²) in [6.45, 7) is -3.10. The van der Waals surface area contributed by atoms with Gasteiger partial charge in [0.2, 0.25) is 5.91 Å². The Balaban J connectivity index is 1.86. The van der Waals surface area contributed by atoms with Crippen molar-refractivity contribution >= 4 is 11.6 Å². The lowest BCUT2D eigenvalue weighted by molar-refractivity contribution is -0.119. The molecule has 1 amide bonds. The lowest BCUT2D eigenvalue weighted by Crippen LogP contribution is -2.19. The molecule has 0 saturated heterocycles. The van der Waals surface area contributed by atoms with Crippen molar-refractivity contribution < 1.29 is 37.3 Å². The Morgan fingerprint density at radius 3 is 2.50 bits per heavy atom. The van der Waals surface area contributed by atoms with Crippen molar-refractivity contribution in [2.24, 2.45) is 0 Å². The van der Waals surface area contributed by atoms with Crippen LogP contribution in [0.5, 0.6) is 23.0 Å². The second-order valence-corrected chi connectivity index (χ2v) is 7.40. The van der Waals surface area contributed by atoms with E-state index in [9.17, 15) is 13.6 Å². The number of methoxy groups -OCH3 is 3. The van der Waals surface area contributed by atoms with Gasteiger partial charge in [-0.05, 0) is 42.0 Å². The summed E-state index contributed by atoms with van der Waals surface area (Å²) in [5.41, 5.74) is 2.95. The van der Waals surface area contributed by atoms with Gasteiger partial charge in [0.1, 0.15) is 24.2 Å². The van der Waals surface area contributed by atoms with Crippen molar-refractivity contribution in [2.75, 3.05) is 33.3 Å². The fourth-order valence-electron chi connectivity index (χ4n) is 3.94. The van der Waals surface area contributed by atoms with Crippen LogP contribution in [-0.2, 0) is 9.53 Å². The molecule has 1 aliphatic heterocycles. The zero-order valence-corrected chi connectivity index (χ0v) is 18.8. The number of rotatable bonds is 8. The maximum absolute atomic E-state index is 13.1. The predicted molar refractivity (Wildman–Crippen MR) is 121 cm³/mol. The molecule has 0 spiro atoms. The van der Waals surface area contributed by atoms with E-state index in [1.165, 1.54) is 20.3 Å². The van der Waals surface area contributed by atoms with Crippen molar-refractivity contribution in [1.82, 2.24) is 0 Å². The van der Waals surface area contributed by atoms with Gasteiger partial charge in [-0.1, -0.05) is 18.2 Å². The number of alkyl halides is 2. The second-order valence-electron chi connectivity index (χ2n) is 7.40. The average molecular weight is 471 g/mol. The molecule has 0 saturated carbocycles. The third kappa shape index (κ3) is 4.60. The Bertz CT molecular complexity index is 1200. The Morgan fingerprint density at radius 1 is 1.00 bits per heavy atom. The molecule has 1 aliphatic rings. The molecule has 0 fully saturated rings. The summed E-state index contributed by atoms with van der Waals surface area (Å²) in [5.74, 6) is 1.12. The first-order chi connectivity index (χ1) is 16.4. The van der Waals surface area contributed by atoms with E-state index in [4.69, 9.17) is 23.7 Å². The monoisotopic (exact) mass is 471 g/mol. The van der Waals surface area contributed by atoms with Gasteiger partial charge < -0.3 is 29.0 Å². The van der Waals surface area contributed by atoms with Crippen molar-refractivity contribution in [1.29, 1.82) is 0 Å². The maximum Gasteiger partial charge on any atom is 0.387 e. The minimum Gasteiger partial charge on any atom is -0.493 e. The molecule has 1 unspecified atom stereocenters. The quantitative estimate of drug-likeness (QED) is 0.496. The summed E-state index contributed by atoms with van der Waals surface area (Å²) in [6, 6.07) is 15.3. The highest BCUT2D eigenvalue weighted by atomic mass is 19.3. The van der Waals surface area contributed by atoms with Crippen LogP contribution in [0.4, 0.5) is 14.5 Å². The van der Waals surface area contributed by atoms with Gasteiger partial charge in [0, 0.05) is 23.9 Å². The van der Waals surface area contributed by atoms with E-state index in [0.29, 0.717) is 39.6 Å². The summed E-state index contributed by atoms with van der Waals surface area (Å²) in [6.07, 6.45) is -0.622. The number of benzene rings is 3. The number of nitrogens with one attached hydrogen (secondary N) is 1. The molecule has 178 valence electrons. The molecule has 1 atom stereocenters. The van der Waals surface area contributed by atoms with Crippen LogP contribution in [0.2, 0.25) is 0 Å². The van der Waals surface area contributed by atoms with E-state index in [2.05, 4.69) is 5.32 Å². The smallest absolute Gasteiger partial charge is 0.387 e. The predicted octanol–water partition coefficient (Wildman–Crippen LogP) is 5.04. The molecule has 4 rings (SSSR count). The summed E-state index contributed by atoms with van der Waals surface area (Å²) in [4.78, 5) is 12.1. The maximum atomic E-state index is 13.1. The van der Waals surface area contributed by atoms with Gasteiger partial charge in [0.15, 0.2) is 11.5 Å². The highest BCUT2D eigenvalue weighted by molar-refractivity contribution is 5.93. The van der Waals surface area contributed by atoms with E-state index < -0.39 is 12.7 Å². The summed E-state index contributed by atoms with van der Waals surface area (Å²) < 4.78 is 52.9. The molecule has 0 bridgehead atoms. The zero-order chi connectivity index (χ0) is 24.2. The van der Waals surface area contributed by atoms with Gasteiger partial charge in [-0.15, -0.1) is 0 Å². The normalized spacial score (nSPS) is 14.0. The number of fused-ring (bicyclic) bond motifs is 3. The standard InChI is InChI=1S/C25H23F2NO6/c1-30-13-22(29)28-15-8-9-16-17(12-15)24(14-7-10-18(31-2)21(11-14)32-3)33-19-5-4-6-20(23(16)19)34-25(26)27/h4-12,24-25H,13H2,1-3H3,(H,28,29). The summed E-state index contributed by atoms with van der Waals surface area (Å²) in [7, 11) is 4.50. The van der Waals surface area contributed by atoms with Crippen LogP contribution in [0.15, 0.2) is 54.6 Å². The Morgan fingerprint density at radius 2 is 1.79 bits per heavy atom. The third-order valence-electron chi connectivity index (χ3n) is 5.32. The molecule has 3 aromatic rings. The molecule has 3 aromatic carbocycles. The number of carbonyl (C=O) groups is 1. The Kier molecular flexibility index (Phi) is 6.83. The van der Waals surface area contributed by atoms with Gasteiger partial charge >= 0.3 is 6.61 Å². The van der Waals surface area contributed by atoms with E-state index in [-0.39, 0.29) is 18.3 Å². The number of halogens is 2. The first kappa shape index (κ1) is 23.3. The molecule has 7 nitrogen and oxygen atoms in total. The number of amides is 1. The SMILES string of the molecule is COCC(=O)Nc1ccc2c(c1)C(c1ccc(OC)c(OC)c1)Oc1cccc(OC(F)F)c1-2. The van der Waals surface area contributed by atoms with Crippen molar-refractivity contribution in [3.05, 3.63) is 65.7 Å². The molecule has 0 aromatic heterocycles. The third-order valence-corrected chi connectivity index (χ3v) is 5.32. The van der Waals surface area contributed by atoms with Crippen molar-refractivity contribution in [3.8, 4) is 34.1 Å². The zero-order valence-electron chi connectivity index (χ0n) is 18.8. The lowest BCUT2D eigenvalue weighted by atomic mass is 9.88. The molecule has 9 heteroatoms. The Labute approximate surface area is 195 Å². The average Bonchev–Trinajstić information content (AvgIpc) is 2.82. The number of hydrogen-bond acceptors (Lipinski definition) is 6. The van der Waals surface area contributed by atoms with Gasteiger partial charge in [0.25, 0.3) is 0 Å². The van der Waals surface area contributed by atoms with Crippen LogP contribution in [0.3, 0.4) is 0 Å². The first-order valence-corrected chi connectivity index (χ1v) is 10.3. The lowest BCUT2D eigenvalue weighted by Gasteiger charge is -2.31. The van der Waals surface area contributed by atoms with Crippen molar-refractivity contribution in [2.45, 2.75) is 12.7 Å². The molecular weight excluding hydrogens is 448 g/mol. The van der Waals surface area contributed by atoms with E-state index in [1.54, 1.807) is 49.6 Å². The highest BCUT2D eigenvalue weighted by Crippen LogP contribution is 2.50. The largest absolute Gasteiger partial charge is 0.493 e. The van der Waals surface area contributed by atoms with Crippen LogP contribution in [0.25, 0.3) is 11.1 Å². The van der Waals surface area contributed by atoms with Crippen LogP contribution in [0, 0.1) is 0 Å². The molecule has 1 heterocycles. The first-order valence-electron chi connectivity index (χ1n) is 10.3. The van der Waals surface area contributed by atoms with Crippen LogP contribution < -0.4 is 24.3 Å².